The molecule has 5 N–H and O–H groups in total. The maximum absolute atomic E-state index is 14.1. The number of amides is 4. The Bertz CT molecular complexity index is 1480. The molecule has 0 unspecified atom stereocenters. The number of hydrogen-bond donors (Lipinski definition) is 5. The number of ether oxygens (including phenoxy) is 2. The van der Waals surface area contributed by atoms with Crippen LogP contribution in [-0.4, -0.2) is 125 Å². The van der Waals surface area contributed by atoms with Gasteiger partial charge in [-0.05, 0) is 54.9 Å². The largest absolute Gasteiger partial charge is 0.465 e. The average Bonchev–Trinajstić information content (AvgIpc) is 3.62. The van der Waals surface area contributed by atoms with Crippen LogP contribution in [0.2, 0.25) is 0 Å². The molecule has 1 fully saturated rings. The minimum Gasteiger partial charge on any atom is -0.465 e. The molecular formula is C38H59N7O8. The van der Waals surface area contributed by atoms with Crippen molar-refractivity contribution in [3.63, 3.8) is 0 Å². The van der Waals surface area contributed by atoms with Gasteiger partial charge in [-0.2, -0.15) is 0 Å². The van der Waals surface area contributed by atoms with Gasteiger partial charge in [0.25, 0.3) is 0 Å². The Labute approximate surface area is 313 Å². The second kappa shape index (κ2) is 20.8. The number of likely N-dealkylation sites (N-methyl/N-ethyl adjacent to an activating group) is 1. The second-order valence-electron chi connectivity index (χ2n) is 14.3. The molecule has 53 heavy (non-hydrogen) atoms. The maximum Gasteiger partial charge on any atom is 0.409 e. The lowest BCUT2D eigenvalue weighted by Crippen LogP contribution is -2.56. The van der Waals surface area contributed by atoms with Crippen molar-refractivity contribution in [1.29, 1.82) is 0 Å². The molecule has 294 valence electrons. The molecule has 0 saturated carbocycles. The van der Waals surface area contributed by atoms with Gasteiger partial charge in [-0.3, -0.25) is 19.7 Å². The third-order valence-corrected chi connectivity index (χ3v) is 10.3. The number of anilines is 2. The van der Waals surface area contributed by atoms with E-state index < -0.39 is 42.3 Å². The molecule has 0 bridgehead atoms. The molecule has 1 aliphatic heterocycles. The van der Waals surface area contributed by atoms with Gasteiger partial charge in [0.15, 0.2) is 0 Å². The molecule has 1 aromatic carbocycles. The summed E-state index contributed by atoms with van der Waals surface area (Å²) < 4.78 is 11.9. The van der Waals surface area contributed by atoms with Crippen LogP contribution >= 0.6 is 0 Å². The fraction of sp³-hybridized carbons (Fsp3) is 0.632. The van der Waals surface area contributed by atoms with E-state index in [0.717, 1.165) is 18.4 Å². The number of nitrogens with zero attached hydrogens (tertiary/aromatic N) is 4. The van der Waals surface area contributed by atoms with Crippen molar-refractivity contribution >= 4 is 35.5 Å². The number of likely N-dealkylation sites (tertiary alicyclic amines) is 1. The van der Waals surface area contributed by atoms with E-state index in [4.69, 9.17) is 14.6 Å². The molecule has 1 aliphatic rings. The highest BCUT2D eigenvalue weighted by Crippen LogP contribution is 2.30. The van der Waals surface area contributed by atoms with Gasteiger partial charge >= 0.3 is 6.09 Å². The Hall–Kier alpha value is -4.34. The molecular weight excluding hydrogens is 682 g/mol. The summed E-state index contributed by atoms with van der Waals surface area (Å²) in [7, 11) is 4.84. The molecule has 0 aliphatic carbocycles. The number of aromatic nitrogens is 2. The summed E-state index contributed by atoms with van der Waals surface area (Å²) in [4.78, 5) is 64.7. The lowest BCUT2D eigenvalue weighted by molar-refractivity contribution is -0.146. The monoisotopic (exact) mass is 741 g/mol. The molecule has 3 rings (SSSR count). The lowest BCUT2D eigenvalue weighted by atomic mass is 9.89. The fourth-order valence-corrected chi connectivity index (χ4v) is 7.23. The third kappa shape index (κ3) is 11.8. The van der Waals surface area contributed by atoms with Crippen molar-refractivity contribution < 1.29 is 38.9 Å². The number of rotatable bonds is 20. The Kier molecular flexibility index (Phi) is 16.9. The Morgan fingerprint density at radius 3 is 2.34 bits per heavy atom. The number of carbonyl (C=O) groups is 4. The highest BCUT2D eigenvalue weighted by Gasteiger charge is 2.43. The summed E-state index contributed by atoms with van der Waals surface area (Å²) in [6.45, 7) is 9.90. The van der Waals surface area contributed by atoms with Gasteiger partial charge in [0.2, 0.25) is 23.7 Å². The van der Waals surface area contributed by atoms with E-state index in [-0.39, 0.29) is 55.0 Å². The van der Waals surface area contributed by atoms with Gasteiger partial charge in [-0.1, -0.05) is 53.2 Å². The summed E-state index contributed by atoms with van der Waals surface area (Å²) in [5.74, 6) is -1.03. The van der Waals surface area contributed by atoms with Crippen LogP contribution in [0.15, 0.2) is 42.7 Å². The maximum atomic E-state index is 14.1. The topological polar surface area (TPSA) is 196 Å². The first-order chi connectivity index (χ1) is 25.3. The first-order valence-electron chi connectivity index (χ1n) is 18.4. The highest BCUT2D eigenvalue weighted by atomic mass is 16.5. The minimum atomic E-state index is -1.19. The normalized spacial score (nSPS) is 18.3. The van der Waals surface area contributed by atoms with E-state index in [0.29, 0.717) is 24.6 Å². The minimum absolute atomic E-state index is 0.00248. The SMILES string of the molecule is CC[C@H](C)[C@@H]([C@@H](CC(=O)N1CCC[C@H]1[C@H](OC)[C@@H](C)C(=O)N[C@H](CO)Cc1cccc(NC(=O)O)c1)OC)N(C)C(=O)[C@@H](Nc1ncccn1)C(C)C. The number of aliphatic hydroxyl groups excluding tert-OH is 1. The number of hydrogen-bond acceptors (Lipinski definition) is 10. The Morgan fingerprint density at radius 1 is 1.06 bits per heavy atom. The van der Waals surface area contributed by atoms with E-state index in [1.165, 1.54) is 7.11 Å². The third-order valence-electron chi connectivity index (χ3n) is 10.3. The molecule has 2 heterocycles. The number of aliphatic hydroxyl groups is 1. The van der Waals surface area contributed by atoms with Crippen molar-refractivity contribution in [2.75, 3.05) is 45.1 Å². The summed E-state index contributed by atoms with van der Waals surface area (Å²) in [6, 6.07) is 6.43. The van der Waals surface area contributed by atoms with E-state index >= 15 is 0 Å². The van der Waals surface area contributed by atoms with Crippen LogP contribution in [0, 0.1) is 17.8 Å². The van der Waals surface area contributed by atoms with Crippen molar-refractivity contribution in [2.24, 2.45) is 17.8 Å². The first kappa shape index (κ1) is 43.1. The number of methoxy groups -OCH3 is 2. The van der Waals surface area contributed by atoms with Crippen molar-refractivity contribution in [3.8, 4) is 0 Å². The lowest BCUT2D eigenvalue weighted by Gasteiger charge is -2.40. The fourth-order valence-electron chi connectivity index (χ4n) is 7.23. The van der Waals surface area contributed by atoms with Crippen LogP contribution in [0.4, 0.5) is 16.4 Å². The van der Waals surface area contributed by atoms with E-state index in [9.17, 15) is 24.3 Å². The summed E-state index contributed by atoms with van der Waals surface area (Å²) >= 11 is 0. The van der Waals surface area contributed by atoms with E-state index in [1.807, 2.05) is 27.7 Å². The van der Waals surface area contributed by atoms with Crippen LogP contribution in [0.1, 0.15) is 65.9 Å². The predicted octanol–water partition coefficient (Wildman–Crippen LogP) is 3.64. The first-order valence-corrected chi connectivity index (χ1v) is 18.4. The quantitative estimate of drug-likeness (QED) is 0.133. The molecule has 8 atom stereocenters. The number of carbonyl (C=O) groups excluding carboxylic acids is 3. The van der Waals surface area contributed by atoms with E-state index in [2.05, 4.69) is 25.9 Å². The predicted molar refractivity (Wildman–Crippen MR) is 201 cm³/mol. The molecule has 4 amide bonds. The molecule has 2 aromatic rings. The molecule has 0 radical (unpaired) electrons. The highest BCUT2D eigenvalue weighted by molar-refractivity contribution is 5.85. The summed E-state index contributed by atoms with van der Waals surface area (Å²) in [5, 5.41) is 27.5. The standard InChI is InChI=1S/C38H59N7O8/c1-9-24(4)33(44(6)36(49)32(23(2)3)43-37-39-16-12-17-40-37)30(52-7)21-31(47)45-18-11-15-29(45)34(53-8)25(5)35(48)41-28(22-46)20-26-13-10-14-27(19-26)42-38(50)51/h10,12-14,16-17,19,23-25,28-30,32-34,42,46H,9,11,15,18,20-22H2,1-8H3,(H,41,48)(H,50,51)(H,39,40,43)/t24-,25+,28-,29-,30+,32-,33-,34+/m0/s1. The van der Waals surface area contributed by atoms with E-state index in [1.54, 1.807) is 73.6 Å². The molecule has 15 heteroatoms. The van der Waals surface area contributed by atoms with Crippen molar-refractivity contribution in [2.45, 2.75) is 103 Å². The smallest absolute Gasteiger partial charge is 0.409 e. The number of carboxylic acid groups (broad SMARTS) is 1. The van der Waals surface area contributed by atoms with Gasteiger partial charge in [-0.15, -0.1) is 0 Å². The molecule has 1 aromatic heterocycles. The van der Waals surface area contributed by atoms with Gasteiger partial charge in [0.05, 0.1) is 49.3 Å². The summed E-state index contributed by atoms with van der Waals surface area (Å²) in [5.41, 5.74) is 1.12. The van der Waals surface area contributed by atoms with Gasteiger partial charge in [-0.25, -0.2) is 14.8 Å². The molecule has 1 saturated heterocycles. The van der Waals surface area contributed by atoms with Crippen LogP contribution < -0.4 is 16.0 Å². The van der Waals surface area contributed by atoms with Gasteiger partial charge in [0.1, 0.15) is 6.04 Å². The van der Waals surface area contributed by atoms with Crippen molar-refractivity contribution in [3.05, 3.63) is 48.3 Å². The molecule has 15 nitrogen and oxygen atoms in total. The zero-order valence-corrected chi connectivity index (χ0v) is 32.3. The number of nitrogens with one attached hydrogen (secondary N) is 3. The van der Waals surface area contributed by atoms with Crippen LogP contribution in [0.3, 0.4) is 0 Å². The van der Waals surface area contributed by atoms with Crippen molar-refractivity contribution in [1.82, 2.24) is 25.1 Å². The molecule has 0 spiro atoms. The Morgan fingerprint density at radius 2 is 1.75 bits per heavy atom. The zero-order chi connectivity index (χ0) is 39.2. The number of benzene rings is 1. The van der Waals surface area contributed by atoms with Crippen LogP contribution in [0.25, 0.3) is 0 Å². The Balaban J connectivity index is 1.73. The summed E-state index contributed by atoms with van der Waals surface area (Å²) in [6.07, 6.45) is 3.23. The zero-order valence-electron chi connectivity index (χ0n) is 32.3. The van der Waals surface area contributed by atoms with Crippen LogP contribution in [0.5, 0.6) is 0 Å². The van der Waals surface area contributed by atoms with Gasteiger partial charge < -0.3 is 40.1 Å². The second-order valence-corrected chi connectivity index (χ2v) is 14.3. The van der Waals surface area contributed by atoms with Gasteiger partial charge in [0, 0.05) is 45.9 Å². The average molecular weight is 742 g/mol. The van der Waals surface area contributed by atoms with Crippen LogP contribution in [-0.2, 0) is 30.3 Å².